The van der Waals surface area contributed by atoms with Crippen LogP contribution in [0.2, 0.25) is 0 Å². The Bertz CT molecular complexity index is 765. The van der Waals surface area contributed by atoms with Gasteiger partial charge in [-0.3, -0.25) is 10.1 Å². The van der Waals surface area contributed by atoms with Gasteiger partial charge in [-0.25, -0.2) is 0 Å². The van der Waals surface area contributed by atoms with Crippen molar-refractivity contribution in [2.75, 3.05) is 20.8 Å². The van der Waals surface area contributed by atoms with Gasteiger partial charge in [-0.05, 0) is 35.9 Å². The van der Waals surface area contributed by atoms with Crippen LogP contribution in [-0.2, 0) is 11.4 Å². The standard InChI is InChI=1S/C19H21NO5S/c1-23-15-7-8-16(24-2)13(9-15)11-25-14-5-3-12(4-6-14)18-20-10-17(26-18)19(21)22/h3-9,17-18,20H,10-11H2,1-2H3,(H,21,22)/t17-,18+/m1/s1. The fraction of sp³-hybridized carbons (Fsp3) is 0.316. The molecule has 0 unspecified atom stereocenters. The van der Waals surface area contributed by atoms with E-state index in [0.717, 1.165) is 28.4 Å². The molecule has 1 heterocycles. The molecule has 1 aliphatic rings. The van der Waals surface area contributed by atoms with Gasteiger partial charge in [0.25, 0.3) is 0 Å². The SMILES string of the molecule is COc1ccc(OC)c(COc2ccc([C@H]3NC[C@H](C(=O)O)S3)cc2)c1. The molecule has 1 fully saturated rings. The minimum atomic E-state index is -0.780. The maximum Gasteiger partial charge on any atom is 0.318 e. The van der Waals surface area contributed by atoms with E-state index in [9.17, 15) is 4.79 Å². The van der Waals surface area contributed by atoms with Crippen LogP contribution in [0.5, 0.6) is 17.2 Å². The first-order valence-corrected chi connectivity index (χ1v) is 9.10. The predicted octanol–water partition coefficient (Wildman–Crippen LogP) is 3.07. The molecule has 6 nitrogen and oxygen atoms in total. The number of carbonyl (C=O) groups is 1. The highest BCUT2D eigenvalue weighted by atomic mass is 32.2. The van der Waals surface area contributed by atoms with Gasteiger partial charge >= 0.3 is 5.97 Å². The normalized spacial score (nSPS) is 19.2. The van der Waals surface area contributed by atoms with E-state index in [1.807, 2.05) is 42.5 Å². The van der Waals surface area contributed by atoms with E-state index in [-0.39, 0.29) is 5.37 Å². The topological polar surface area (TPSA) is 77.0 Å². The minimum absolute atomic E-state index is 0.0105. The molecule has 0 aromatic heterocycles. The van der Waals surface area contributed by atoms with Crippen LogP contribution in [0.3, 0.4) is 0 Å². The van der Waals surface area contributed by atoms with Crippen molar-refractivity contribution in [1.82, 2.24) is 5.32 Å². The van der Waals surface area contributed by atoms with E-state index >= 15 is 0 Å². The Kier molecular flexibility index (Phi) is 5.90. The molecule has 0 bridgehead atoms. The van der Waals surface area contributed by atoms with Crippen molar-refractivity contribution in [3.05, 3.63) is 53.6 Å². The number of aliphatic carboxylic acids is 1. The lowest BCUT2D eigenvalue weighted by atomic mass is 10.2. The third kappa shape index (κ3) is 4.23. The quantitative estimate of drug-likeness (QED) is 0.770. The van der Waals surface area contributed by atoms with Gasteiger partial charge in [-0.15, -0.1) is 11.8 Å². The van der Waals surface area contributed by atoms with Gasteiger partial charge in [0.15, 0.2) is 0 Å². The number of carboxylic acids is 1. The zero-order chi connectivity index (χ0) is 18.5. The summed E-state index contributed by atoms with van der Waals surface area (Å²) < 4.78 is 16.5. The van der Waals surface area contributed by atoms with Crippen LogP contribution in [0.4, 0.5) is 0 Å². The van der Waals surface area contributed by atoms with Gasteiger partial charge in [-0.2, -0.15) is 0 Å². The zero-order valence-electron chi connectivity index (χ0n) is 14.6. The summed E-state index contributed by atoms with van der Waals surface area (Å²) in [6, 6.07) is 13.3. The molecule has 0 aliphatic carbocycles. The highest BCUT2D eigenvalue weighted by Crippen LogP contribution is 2.35. The molecule has 2 N–H and O–H groups in total. The second-order valence-corrected chi connectivity index (χ2v) is 7.10. The fourth-order valence-electron chi connectivity index (χ4n) is 2.71. The third-order valence-corrected chi connectivity index (χ3v) is 5.54. The largest absolute Gasteiger partial charge is 0.497 e. The monoisotopic (exact) mass is 375 g/mol. The van der Waals surface area contributed by atoms with Crippen molar-refractivity contribution in [3.63, 3.8) is 0 Å². The summed E-state index contributed by atoms with van der Waals surface area (Å²) in [4.78, 5) is 11.1. The second kappa shape index (κ2) is 8.33. The summed E-state index contributed by atoms with van der Waals surface area (Å²) in [7, 11) is 3.24. The van der Waals surface area contributed by atoms with Crippen molar-refractivity contribution in [2.45, 2.75) is 17.2 Å². The number of benzene rings is 2. The molecular weight excluding hydrogens is 354 g/mol. The molecule has 2 aromatic rings. The predicted molar refractivity (Wildman–Crippen MR) is 100 cm³/mol. The van der Waals surface area contributed by atoms with Gasteiger partial charge in [0.2, 0.25) is 0 Å². The van der Waals surface area contributed by atoms with E-state index in [1.54, 1.807) is 14.2 Å². The Morgan fingerprint density at radius 1 is 1.15 bits per heavy atom. The lowest BCUT2D eigenvalue weighted by Crippen LogP contribution is -2.21. The number of nitrogens with one attached hydrogen (secondary N) is 1. The molecule has 0 spiro atoms. The lowest BCUT2D eigenvalue weighted by Gasteiger charge is -2.13. The average Bonchev–Trinajstić information content (AvgIpc) is 3.17. The Hall–Kier alpha value is -2.38. The van der Waals surface area contributed by atoms with Gasteiger partial charge in [-0.1, -0.05) is 12.1 Å². The maximum absolute atomic E-state index is 11.1. The summed E-state index contributed by atoms with van der Waals surface area (Å²) in [5.41, 5.74) is 1.93. The summed E-state index contributed by atoms with van der Waals surface area (Å²) in [6.45, 7) is 0.829. The average molecular weight is 375 g/mol. The fourth-order valence-corrected chi connectivity index (χ4v) is 3.86. The Balaban J connectivity index is 1.63. The van der Waals surface area contributed by atoms with E-state index in [0.29, 0.717) is 13.2 Å². The molecule has 0 saturated carbocycles. The molecule has 26 heavy (non-hydrogen) atoms. The number of hydrogen-bond acceptors (Lipinski definition) is 6. The molecular formula is C19H21NO5S. The first-order chi connectivity index (χ1) is 12.6. The summed E-state index contributed by atoms with van der Waals surface area (Å²) >= 11 is 1.42. The van der Waals surface area contributed by atoms with E-state index in [1.165, 1.54) is 11.8 Å². The summed E-state index contributed by atoms with van der Waals surface area (Å²) in [5, 5.41) is 11.9. The number of thioether (sulfide) groups is 1. The van der Waals surface area contributed by atoms with Crippen molar-refractivity contribution >= 4 is 17.7 Å². The van der Waals surface area contributed by atoms with Gasteiger partial charge < -0.3 is 19.3 Å². The molecule has 138 valence electrons. The van der Waals surface area contributed by atoms with Crippen molar-refractivity contribution in [2.24, 2.45) is 0 Å². The number of methoxy groups -OCH3 is 2. The number of rotatable bonds is 7. The van der Waals surface area contributed by atoms with E-state index in [2.05, 4.69) is 5.32 Å². The Morgan fingerprint density at radius 2 is 1.88 bits per heavy atom. The van der Waals surface area contributed by atoms with Crippen LogP contribution in [0.15, 0.2) is 42.5 Å². The summed E-state index contributed by atoms with van der Waals surface area (Å²) in [5.74, 6) is 1.44. The van der Waals surface area contributed by atoms with E-state index in [4.69, 9.17) is 19.3 Å². The zero-order valence-corrected chi connectivity index (χ0v) is 15.4. The summed E-state index contributed by atoms with van der Waals surface area (Å²) in [6.07, 6.45) is 0. The number of carboxylic acid groups (broad SMARTS) is 1. The van der Waals surface area contributed by atoms with Crippen LogP contribution in [0.1, 0.15) is 16.5 Å². The molecule has 0 radical (unpaired) electrons. The lowest BCUT2D eigenvalue weighted by molar-refractivity contribution is -0.136. The third-order valence-electron chi connectivity index (χ3n) is 4.13. The van der Waals surface area contributed by atoms with Gasteiger partial charge in [0, 0.05) is 12.1 Å². The second-order valence-electron chi connectivity index (χ2n) is 5.79. The first-order valence-electron chi connectivity index (χ1n) is 8.16. The molecule has 1 saturated heterocycles. The maximum atomic E-state index is 11.1. The minimum Gasteiger partial charge on any atom is -0.497 e. The molecule has 7 heteroatoms. The number of ether oxygens (including phenoxy) is 3. The van der Waals surface area contributed by atoms with Crippen molar-refractivity contribution < 1.29 is 24.1 Å². The molecule has 1 aliphatic heterocycles. The van der Waals surface area contributed by atoms with Crippen molar-refractivity contribution in [3.8, 4) is 17.2 Å². The van der Waals surface area contributed by atoms with Crippen LogP contribution in [-0.4, -0.2) is 37.1 Å². The van der Waals surface area contributed by atoms with Crippen LogP contribution in [0, 0.1) is 0 Å². The first kappa shape index (κ1) is 18.4. The number of hydrogen-bond donors (Lipinski definition) is 2. The van der Waals surface area contributed by atoms with Crippen molar-refractivity contribution in [1.29, 1.82) is 0 Å². The van der Waals surface area contributed by atoms with Gasteiger partial charge in [0.05, 0.1) is 19.6 Å². The highest BCUT2D eigenvalue weighted by Gasteiger charge is 2.30. The van der Waals surface area contributed by atoms with Crippen LogP contribution in [0.25, 0.3) is 0 Å². The van der Waals surface area contributed by atoms with E-state index < -0.39 is 11.2 Å². The molecule has 2 aromatic carbocycles. The van der Waals surface area contributed by atoms with Crippen LogP contribution < -0.4 is 19.5 Å². The molecule has 3 rings (SSSR count). The van der Waals surface area contributed by atoms with Crippen LogP contribution >= 0.6 is 11.8 Å². The Morgan fingerprint density at radius 3 is 2.50 bits per heavy atom. The smallest absolute Gasteiger partial charge is 0.318 e. The highest BCUT2D eigenvalue weighted by molar-refractivity contribution is 8.01. The molecule has 0 amide bonds. The Labute approximate surface area is 156 Å². The van der Waals surface area contributed by atoms with Gasteiger partial charge in [0.1, 0.15) is 29.1 Å². The molecule has 2 atom stereocenters.